The Kier molecular flexibility index (Phi) is 2.51. The van der Waals surface area contributed by atoms with Gasteiger partial charge >= 0.3 is 0 Å². The molecule has 6 heteroatoms. The Hall–Kier alpha value is -1.56. The van der Waals surface area contributed by atoms with Crippen molar-refractivity contribution in [1.29, 1.82) is 0 Å². The number of thioether (sulfide) groups is 1. The van der Waals surface area contributed by atoms with Crippen LogP contribution in [0.2, 0.25) is 0 Å². The molecule has 0 spiro atoms. The number of rotatable bonds is 2. The van der Waals surface area contributed by atoms with Gasteiger partial charge in [0.25, 0.3) is 5.56 Å². The summed E-state index contributed by atoms with van der Waals surface area (Å²) in [6, 6.07) is 1.87. The maximum atomic E-state index is 11.9. The summed E-state index contributed by atoms with van der Waals surface area (Å²) in [6.45, 7) is 2.77. The molecule has 0 atom stereocenters. The Morgan fingerprint density at radius 3 is 3.24 bits per heavy atom. The standard InChI is InChI=1S/C11H12N4OS/c1-2-15-9(3-4-12-15)10-13-8-6-17-5-7(8)11(16)14-10/h3-4H,2,5-6H2,1H3,(H,13,14,16). The van der Waals surface area contributed by atoms with Crippen LogP contribution in [-0.2, 0) is 18.1 Å². The molecule has 2 aromatic rings. The van der Waals surface area contributed by atoms with E-state index in [9.17, 15) is 4.79 Å². The molecule has 1 N–H and O–H groups in total. The van der Waals surface area contributed by atoms with Crippen molar-refractivity contribution in [3.63, 3.8) is 0 Å². The molecule has 5 nitrogen and oxygen atoms in total. The van der Waals surface area contributed by atoms with Crippen molar-refractivity contribution in [2.24, 2.45) is 0 Å². The van der Waals surface area contributed by atoms with Gasteiger partial charge in [-0.3, -0.25) is 9.48 Å². The zero-order valence-electron chi connectivity index (χ0n) is 9.43. The molecule has 0 radical (unpaired) electrons. The topological polar surface area (TPSA) is 63.6 Å². The molecular formula is C11H12N4OS. The minimum absolute atomic E-state index is 0.0150. The molecule has 3 heterocycles. The van der Waals surface area contributed by atoms with Crippen LogP contribution in [0.3, 0.4) is 0 Å². The lowest BCUT2D eigenvalue weighted by Crippen LogP contribution is -2.16. The Labute approximate surface area is 102 Å². The van der Waals surface area contributed by atoms with Crippen LogP contribution < -0.4 is 5.56 Å². The summed E-state index contributed by atoms with van der Waals surface area (Å²) in [5, 5.41) is 4.18. The summed E-state index contributed by atoms with van der Waals surface area (Å²) < 4.78 is 1.83. The first kappa shape index (κ1) is 10.6. The molecule has 17 heavy (non-hydrogen) atoms. The maximum Gasteiger partial charge on any atom is 0.255 e. The fourth-order valence-electron chi connectivity index (χ4n) is 1.97. The van der Waals surface area contributed by atoms with Gasteiger partial charge in [-0.25, -0.2) is 4.98 Å². The van der Waals surface area contributed by atoms with Crippen molar-refractivity contribution in [3.8, 4) is 11.5 Å². The molecule has 0 saturated carbocycles. The third-order valence-electron chi connectivity index (χ3n) is 2.85. The van der Waals surface area contributed by atoms with Gasteiger partial charge in [-0.1, -0.05) is 0 Å². The SMILES string of the molecule is CCn1nccc1-c1nc2c(c(=O)[nH]1)CSC2. The van der Waals surface area contributed by atoms with Gasteiger partial charge < -0.3 is 4.98 Å². The van der Waals surface area contributed by atoms with Gasteiger partial charge in [-0.05, 0) is 13.0 Å². The van der Waals surface area contributed by atoms with Crippen LogP contribution in [0, 0.1) is 0 Å². The highest BCUT2D eigenvalue weighted by Crippen LogP contribution is 2.26. The number of fused-ring (bicyclic) bond motifs is 1. The zero-order valence-corrected chi connectivity index (χ0v) is 10.3. The molecule has 0 bridgehead atoms. The lowest BCUT2D eigenvalue weighted by atomic mass is 10.2. The fourth-order valence-corrected chi connectivity index (χ4v) is 3.01. The van der Waals surface area contributed by atoms with Crippen LogP contribution in [0.1, 0.15) is 18.2 Å². The molecule has 1 aliphatic rings. The van der Waals surface area contributed by atoms with E-state index in [1.165, 1.54) is 0 Å². The number of aromatic amines is 1. The summed E-state index contributed by atoms with van der Waals surface area (Å²) in [4.78, 5) is 19.3. The second-order valence-corrected chi connectivity index (χ2v) is 4.85. The summed E-state index contributed by atoms with van der Waals surface area (Å²) in [5.41, 5.74) is 2.59. The predicted molar refractivity (Wildman–Crippen MR) is 66.8 cm³/mol. The van der Waals surface area contributed by atoms with E-state index in [0.29, 0.717) is 5.82 Å². The van der Waals surface area contributed by atoms with Crippen molar-refractivity contribution in [2.45, 2.75) is 25.0 Å². The number of nitrogens with zero attached hydrogens (tertiary/aromatic N) is 3. The average Bonchev–Trinajstić information content (AvgIpc) is 2.96. The first-order chi connectivity index (χ1) is 8.29. The average molecular weight is 248 g/mol. The van der Waals surface area contributed by atoms with Crippen LogP contribution >= 0.6 is 11.8 Å². The van der Waals surface area contributed by atoms with E-state index in [4.69, 9.17) is 0 Å². The summed E-state index contributed by atoms with van der Waals surface area (Å²) >= 11 is 1.73. The quantitative estimate of drug-likeness (QED) is 0.872. The van der Waals surface area contributed by atoms with Crippen LogP contribution in [0.4, 0.5) is 0 Å². The fraction of sp³-hybridized carbons (Fsp3) is 0.364. The lowest BCUT2D eigenvalue weighted by molar-refractivity contribution is 0.663. The molecule has 0 aromatic carbocycles. The Morgan fingerprint density at radius 1 is 1.53 bits per heavy atom. The van der Waals surface area contributed by atoms with Crippen LogP contribution in [0.15, 0.2) is 17.1 Å². The molecule has 0 amide bonds. The normalized spacial score (nSPS) is 13.9. The van der Waals surface area contributed by atoms with E-state index in [1.54, 1.807) is 18.0 Å². The Balaban J connectivity index is 2.17. The monoisotopic (exact) mass is 248 g/mol. The van der Waals surface area contributed by atoms with Gasteiger partial charge in [0.2, 0.25) is 0 Å². The second-order valence-electron chi connectivity index (χ2n) is 3.86. The number of hydrogen-bond acceptors (Lipinski definition) is 4. The summed E-state index contributed by atoms with van der Waals surface area (Å²) in [6.07, 6.45) is 1.72. The summed E-state index contributed by atoms with van der Waals surface area (Å²) in [5.74, 6) is 2.22. The minimum Gasteiger partial charge on any atom is -0.305 e. The van der Waals surface area contributed by atoms with Crippen LogP contribution in [0.5, 0.6) is 0 Å². The third-order valence-corrected chi connectivity index (χ3v) is 3.82. The van der Waals surface area contributed by atoms with Gasteiger partial charge in [-0.15, -0.1) is 0 Å². The Bertz CT molecular complexity index is 616. The smallest absolute Gasteiger partial charge is 0.255 e. The molecule has 0 aliphatic carbocycles. The van der Waals surface area contributed by atoms with Crippen molar-refractivity contribution in [2.75, 3.05) is 0 Å². The highest BCUT2D eigenvalue weighted by Gasteiger charge is 2.19. The first-order valence-electron chi connectivity index (χ1n) is 5.51. The number of H-pyrrole nitrogens is 1. The molecular weight excluding hydrogens is 236 g/mol. The Morgan fingerprint density at radius 2 is 2.41 bits per heavy atom. The molecule has 0 unspecified atom stereocenters. The maximum absolute atomic E-state index is 11.9. The second kappa shape index (κ2) is 4.03. The molecule has 2 aromatic heterocycles. The van der Waals surface area contributed by atoms with Crippen molar-refractivity contribution < 1.29 is 0 Å². The predicted octanol–water partition coefficient (Wildman–Crippen LogP) is 1.40. The molecule has 0 fully saturated rings. The number of aryl methyl sites for hydroxylation is 1. The molecule has 1 aliphatic heterocycles. The highest BCUT2D eigenvalue weighted by molar-refractivity contribution is 7.98. The third kappa shape index (κ3) is 1.68. The zero-order chi connectivity index (χ0) is 11.8. The minimum atomic E-state index is -0.0150. The van der Waals surface area contributed by atoms with Crippen molar-refractivity contribution in [3.05, 3.63) is 33.9 Å². The number of aromatic nitrogens is 4. The largest absolute Gasteiger partial charge is 0.305 e. The first-order valence-corrected chi connectivity index (χ1v) is 6.67. The van der Waals surface area contributed by atoms with Gasteiger partial charge in [0.05, 0.1) is 5.69 Å². The molecule has 3 rings (SSSR count). The van der Waals surface area contributed by atoms with Gasteiger partial charge in [0, 0.05) is 29.8 Å². The van der Waals surface area contributed by atoms with Crippen LogP contribution in [-0.4, -0.2) is 19.7 Å². The lowest BCUT2D eigenvalue weighted by Gasteiger charge is -2.05. The van der Waals surface area contributed by atoms with E-state index < -0.39 is 0 Å². The van der Waals surface area contributed by atoms with E-state index in [-0.39, 0.29) is 5.56 Å². The highest BCUT2D eigenvalue weighted by atomic mass is 32.2. The number of nitrogens with one attached hydrogen (secondary N) is 1. The molecule has 0 saturated heterocycles. The van der Waals surface area contributed by atoms with Gasteiger partial charge in [-0.2, -0.15) is 16.9 Å². The summed E-state index contributed by atoms with van der Waals surface area (Å²) in [7, 11) is 0. The van der Waals surface area contributed by atoms with Gasteiger partial charge in [0.1, 0.15) is 5.69 Å². The van der Waals surface area contributed by atoms with Crippen molar-refractivity contribution in [1.82, 2.24) is 19.7 Å². The van der Waals surface area contributed by atoms with Gasteiger partial charge in [0.15, 0.2) is 5.82 Å². The van der Waals surface area contributed by atoms with E-state index in [2.05, 4.69) is 15.1 Å². The van der Waals surface area contributed by atoms with E-state index in [0.717, 1.165) is 35.0 Å². The van der Waals surface area contributed by atoms with Crippen LogP contribution in [0.25, 0.3) is 11.5 Å². The number of hydrogen-bond donors (Lipinski definition) is 1. The van der Waals surface area contributed by atoms with E-state index >= 15 is 0 Å². The molecule has 88 valence electrons. The van der Waals surface area contributed by atoms with Crippen molar-refractivity contribution >= 4 is 11.8 Å². The van der Waals surface area contributed by atoms with E-state index in [1.807, 2.05) is 17.7 Å².